The summed E-state index contributed by atoms with van der Waals surface area (Å²) in [5, 5.41) is 12.2. The number of nitrogens with zero attached hydrogens (tertiary/aromatic N) is 1. The second-order valence-electron chi connectivity index (χ2n) is 4.61. The van der Waals surface area contributed by atoms with E-state index in [0.717, 1.165) is 5.56 Å². The van der Waals surface area contributed by atoms with Crippen LogP contribution in [0, 0.1) is 29.9 Å². The van der Waals surface area contributed by atoms with Crippen molar-refractivity contribution in [3.63, 3.8) is 0 Å². The second-order valence-corrected chi connectivity index (χ2v) is 4.61. The van der Waals surface area contributed by atoms with E-state index in [4.69, 9.17) is 5.26 Å². The molecule has 0 aliphatic carbocycles. The van der Waals surface area contributed by atoms with Crippen molar-refractivity contribution in [1.82, 2.24) is 0 Å². The van der Waals surface area contributed by atoms with E-state index in [1.165, 1.54) is 18.2 Å². The van der Waals surface area contributed by atoms with Gasteiger partial charge < -0.3 is 5.32 Å². The molecule has 2 rings (SSSR count). The molecule has 0 radical (unpaired) electrons. The monoisotopic (exact) mass is 272 g/mol. The molecule has 4 heteroatoms. The van der Waals surface area contributed by atoms with Crippen LogP contribution in [0.3, 0.4) is 0 Å². The summed E-state index contributed by atoms with van der Waals surface area (Å²) >= 11 is 0. The summed E-state index contributed by atoms with van der Waals surface area (Å²) in [5.74, 6) is -1.20. The first kappa shape index (κ1) is 14.0. The summed E-state index contributed by atoms with van der Waals surface area (Å²) in [6.07, 6.45) is 0. The molecule has 20 heavy (non-hydrogen) atoms. The SMILES string of the molecule is Cc1cccc(NC(C)c2c(F)cccc2F)c1C#N. The Balaban J connectivity index is 2.36. The number of aryl methyl sites for hydroxylation is 1. The summed E-state index contributed by atoms with van der Waals surface area (Å²) in [5.41, 5.74) is 1.84. The van der Waals surface area contributed by atoms with Gasteiger partial charge in [0, 0.05) is 5.56 Å². The van der Waals surface area contributed by atoms with Crippen molar-refractivity contribution in [2.45, 2.75) is 19.9 Å². The molecule has 0 aromatic heterocycles. The fourth-order valence-electron chi connectivity index (χ4n) is 2.17. The molecule has 0 spiro atoms. The van der Waals surface area contributed by atoms with Gasteiger partial charge >= 0.3 is 0 Å². The summed E-state index contributed by atoms with van der Waals surface area (Å²) in [6.45, 7) is 3.48. The molecule has 0 amide bonds. The predicted molar refractivity (Wildman–Crippen MR) is 74.3 cm³/mol. The Morgan fingerprint density at radius 2 is 1.70 bits per heavy atom. The van der Waals surface area contributed by atoms with Crippen molar-refractivity contribution >= 4 is 5.69 Å². The van der Waals surface area contributed by atoms with Crippen LogP contribution in [0.2, 0.25) is 0 Å². The zero-order valence-electron chi connectivity index (χ0n) is 11.2. The average molecular weight is 272 g/mol. The van der Waals surface area contributed by atoms with E-state index >= 15 is 0 Å². The summed E-state index contributed by atoms with van der Waals surface area (Å²) in [7, 11) is 0. The Bertz CT molecular complexity index is 654. The van der Waals surface area contributed by atoms with Crippen LogP contribution in [0.15, 0.2) is 36.4 Å². The maximum Gasteiger partial charge on any atom is 0.131 e. The molecule has 2 aromatic rings. The van der Waals surface area contributed by atoms with Gasteiger partial charge in [-0.1, -0.05) is 18.2 Å². The third-order valence-corrected chi connectivity index (χ3v) is 3.19. The number of rotatable bonds is 3. The first-order chi connectivity index (χ1) is 9.54. The Labute approximate surface area is 116 Å². The van der Waals surface area contributed by atoms with Crippen LogP contribution in [0.5, 0.6) is 0 Å². The molecule has 0 aliphatic rings. The lowest BCUT2D eigenvalue weighted by molar-refractivity contribution is 0.544. The van der Waals surface area contributed by atoms with Crippen molar-refractivity contribution in [3.05, 3.63) is 64.7 Å². The fourth-order valence-corrected chi connectivity index (χ4v) is 2.17. The quantitative estimate of drug-likeness (QED) is 0.903. The van der Waals surface area contributed by atoms with Gasteiger partial charge in [-0.3, -0.25) is 0 Å². The van der Waals surface area contributed by atoms with Crippen molar-refractivity contribution in [2.75, 3.05) is 5.32 Å². The first-order valence-electron chi connectivity index (χ1n) is 6.24. The average Bonchev–Trinajstić information content (AvgIpc) is 2.38. The van der Waals surface area contributed by atoms with Crippen molar-refractivity contribution < 1.29 is 8.78 Å². The van der Waals surface area contributed by atoms with Gasteiger partial charge in [-0.05, 0) is 37.6 Å². The van der Waals surface area contributed by atoms with Crippen molar-refractivity contribution in [2.24, 2.45) is 0 Å². The molecule has 1 unspecified atom stereocenters. The van der Waals surface area contributed by atoms with Crippen molar-refractivity contribution in [1.29, 1.82) is 5.26 Å². The number of hydrogen-bond donors (Lipinski definition) is 1. The highest BCUT2D eigenvalue weighted by Crippen LogP contribution is 2.27. The van der Waals surface area contributed by atoms with Gasteiger partial charge in [-0.2, -0.15) is 5.26 Å². The van der Waals surface area contributed by atoms with E-state index in [0.29, 0.717) is 11.3 Å². The molecule has 0 aliphatic heterocycles. The Hall–Kier alpha value is -2.41. The molecule has 0 bridgehead atoms. The Morgan fingerprint density at radius 3 is 2.30 bits per heavy atom. The first-order valence-corrected chi connectivity index (χ1v) is 6.24. The van der Waals surface area contributed by atoms with E-state index < -0.39 is 17.7 Å². The maximum atomic E-state index is 13.7. The van der Waals surface area contributed by atoms with Gasteiger partial charge in [-0.15, -0.1) is 0 Å². The van der Waals surface area contributed by atoms with E-state index in [1.54, 1.807) is 19.1 Å². The van der Waals surface area contributed by atoms with Crippen molar-refractivity contribution in [3.8, 4) is 6.07 Å². The normalized spacial score (nSPS) is 11.8. The number of nitrogens with one attached hydrogen (secondary N) is 1. The number of hydrogen-bond acceptors (Lipinski definition) is 2. The van der Waals surface area contributed by atoms with Crippen LogP contribution < -0.4 is 5.32 Å². The lowest BCUT2D eigenvalue weighted by Gasteiger charge is -2.18. The predicted octanol–water partition coefficient (Wildman–Crippen LogP) is 4.32. The molecule has 2 aromatic carbocycles. The summed E-state index contributed by atoms with van der Waals surface area (Å²) in [6, 6.07) is 10.6. The maximum absolute atomic E-state index is 13.7. The van der Waals surface area contributed by atoms with E-state index in [2.05, 4.69) is 11.4 Å². The molecule has 0 fully saturated rings. The molecule has 1 N–H and O–H groups in total. The standard InChI is InChI=1S/C16H14F2N2/c1-10-5-3-8-15(12(10)9-19)20-11(2)16-13(17)6-4-7-14(16)18/h3-8,11,20H,1-2H3. The molecular formula is C16H14F2N2. The van der Waals surface area contributed by atoms with Gasteiger partial charge in [0.15, 0.2) is 0 Å². The van der Waals surface area contributed by atoms with E-state index in [1.807, 2.05) is 13.0 Å². The molecule has 102 valence electrons. The van der Waals surface area contributed by atoms with Crippen LogP contribution in [0.1, 0.15) is 29.7 Å². The van der Waals surface area contributed by atoms with E-state index in [9.17, 15) is 8.78 Å². The van der Waals surface area contributed by atoms with Crippen LogP contribution in [-0.2, 0) is 0 Å². The minimum absolute atomic E-state index is 0.0297. The Morgan fingerprint density at radius 1 is 1.10 bits per heavy atom. The van der Waals surface area contributed by atoms with Gasteiger partial charge in [0.05, 0.1) is 17.3 Å². The molecule has 1 atom stereocenters. The molecule has 0 saturated heterocycles. The van der Waals surface area contributed by atoms with Crippen LogP contribution >= 0.6 is 0 Å². The minimum atomic E-state index is -0.601. The third-order valence-electron chi connectivity index (χ3n) is 3.19. The number of halogens is 2. The summed E-state index contributed by atoms with van der Waals surface area (Å²) in [4.78, 5) is 0. The Kier molecular flexibility index (Phi) is 3.99. The van der Waals surface area contributed by atoms with Gasteiger partial charge in [0.2, 0.25) is 0 Å². The lowest BCUT2D eigenvalue weighted by atomic mass is 10.0. The molecule has 0 saturated carbocycles. The smallest absolute Gasteiger partial charge is 0.131 e. The second kappa shape index (κ2) is 5.70. The van der Waals surface area contributed by atoms with Crippen LogP contribution in [-0.4, -0.2) is 0 Å². The van der Waals surface area contributed by atoms with Gasteiger partial charge in [0.1, 0.15) is 17.7 Å². The highest BCUT2D eigenvalue weighted by atomic mass is 19.1. The topological polar surface area (TPSA) is 35.8 Å². The summed E-state index contributed by atoms with van der Waals surface area (Å²) < 4.78 is 27.4. The van der Waals surface area contributed by atoms with Crippen LogP contribution in [0.25, 0.3) is 0 Å². The van der Waals surface area contributed by atoms with Gasteiger partial charge in [0.25, 0.3) is 0 Å². The van der Waals surface area contributed by atoms with Gasteiger partial charge in [-0.25, -0.2) is 8.78 Å². The number of anilines is 1. The lowest BCUT2D eigenvalue weighted by Crippen LogP contribution is -2.12. The fraction of sp³-hybridized carbons (Fsp3) is 0.188. The largest absolute Gasteiger partial charge is 0.377 e. The zero-order chi connectivity index (χ0) is 14.7. The highest BCUT2D eigenvalue weighted by molar-refractivity contribution is 5.61. The molecule has 2 nitrogen and oxygen atoms in total. The minimum Gasteiger partial charge on any atom is -0.377 e. The number of benzene rings is 2. The highest BCUT2D eigenvalue weighted by Gasteiger charge is 2.17. The molecule has 0 heterocycles. The zero-order valence-corrected chi connectivity index (χ0v) is 11.2. The van der Waals surface area contributed by atoms with Crippen LogP contribution in [0.4, 0.5) is 14.5 Å². The third kappa shape index (κ3) is 2.62. The van der Waals surface area contributed by atoms with E-state index in [-0.39, 0.29) is 5.56 Å². The molecular weight excluding hydrogens is 258 g/mol. The number of nitriles is 1.